The van der Waals surface area contributed by atoms with E-state index in [1.165, 1.54) is 7.11 Å². The average molecular weight is 196 g/mol. The first-order valence-corrected chi connectivity index (χ1v) is 5.04. The molecule has 3 atom stereocenters. The van der Waals surface area contributed by atoms with E-state index in [4.69, 9.17) is 9.47 Å². The van der Waals surface area contributed by atoms with Gasteiger partial charge >= 0.3 is 5.97 Å². The van der Waals surface area contributed by atoms with Gasteiger partial charge in [0.05, 0.1) is 18.6 Å². The van der Waals surface area contributed by atoms with E-state index >= 15 is 0 Å². The Morgan fingerprint density at radius 2 is 2.29 bits per heavy atom. The Bertz CT molecular complexity index is 272. The first-order chi connectivity index (χ1) is 6.72. The van der Waals surface area contributed by atoms with Crippen LogP contribution >= 0.6 is 0 Å². The molecule has 3 nitrogen and oxygen atoms in total. The van der Waals surface area contributed by atoms with Gasteiger partial charge in [-0.05, 0) is 25.2 Å². The van der Waals surface area contributed by atoms with Gasteiger partial charge in [-0.15, -0.1) is 0 Å². The fourth-order valence-electron chi connectivity index (χ4n) is 2.63. The van der Waals surface area contributed by atoms with E-state index in [0.29, 0.717) is 5.92 Å². The van der Waals surface area contributed by atoms with Crippen LogP contribution in [0.15, 0.2) is 12.2 Å². The molecule has 3 aliphatic carbocycles. The minimum atomic E-state index is -0.387. The molecule has 0 N–H and O–H groups in total. The molecule has 14 heavy (non-hydrogen) atoms. The van der Waals surface area contributed by atoms with Crippen molar-refractivity contribution in [2.75, 3.05) is 14.2 Å². The SMILES string of the molecule is COC(=O)[C@H]1C[C@H]2C=C[C@@]1(OC)CC2. The van der Waals surface area contributed by atoms with Gasteiger partial charge in [0.15, 0.2) is 0 Å². The second-order valence-corrected chi connectivity index (χ2v) is 4.13. The molecule has 0 aromatic heterocycles. The van der Waals surface area contributed by atoms with Gasteiger partial charge < -0.3 is 9.47 Å². The molecule has 1 fully saturated rings. The molecule has 3 heteroatoms. The first kappa shape index (κ1) is 9.71. The Hall–Kier alpha value is -0.830. The second-order valence-electron chi connectivity index (χ2n) is 4.13. The Labute approximate surface area is 84.1 Å². The molecule has 0 spiro atoms. The normalized spacial score (nSPS) is 39.9. The third-order valence-corrected chi connectivity index (χ3v) is 3.55. The van der Waals surface area contributed by atoms with Gasteiger partial charge in [0.1, 0.15) is 0 Å². The molecule has 0 heterocycles. The van der Waals surface area contributed by atoms with Gasteiger partial charge in [-0.25, -0.2) is 0 Å². The maximum Gasteiger partial charge on any atom is 0.311 e. The molecule has 0 unspecified atom stereocenters. The number of hydrogen-bond donors (Lipinski definition) is 0. The lowest BCUT2D eigenvalue weighted by molar-refractivity contribution is -0.160. The monoisotopic (exact) mass is 196 g/mol. The molecule has 78 valence electrons. The highest BCUT2D eigenvalue weighted by atomic mass is 16.5. The maximum atomic E-state index is 11.6. The fraction of sp³-hybridized carbons (Fsp3) is 0.727. The molecule has 0 aromatic carbocycles. The van der Waals surface area contributed by atoms with Crippen molar-refractivity contribution in [3.8, 4) is 0 Å². The standard InChI is InChI=1S/C11H16O3/c1-13-10(12)9-7-8-3-5-11(9,14-2)6-4-8/h3,5,8-9H,4,6-7H2,1-2H3/t8-,9+,11+/m0/s1. The van der Waals surface area contributed by atoms with Crippen molar-refractivity contribution >= 4 is 5.97 Å². The quantitative estimate of drug-likeness (QED) is 0.496. The van der Waals surface area contributed by atoms with Gasteiger partial charge in [-0.1, -0.05) is 12.2 Å². The van der Waals surface area contributed by atoms with Crippen molar-refractivity contribution < 1.29 is 14.3 Å². The number of fused-ring (bicyclic) bond motifs is 2. The van der Waals surface area contributed by atoms with E-state index in [0.717, 1.165) is 19.3 Å². The van der Waals surface area contributed by atoms with Crippen LogP contribution in [0, 0.1) is 11.8 Å². The van der Waals surface area contributed by atoms with Gasteiger partial charge in [-0.2, -0.15) is 0 Å². The summed E-state index contributed by atoms with van der Waals surface area (Å²) in [6.45, 7) is 0. The molecular formula is C11H16O3. The van der Waals surface area contributed by atoms with Crippen molar-refractivity contribution in [1.29, 1.82) is 0 Å². The van der Waals surface area contributed by atoms with E-state index in [1.54, 1.807) is 7.11 Å². The van der Waals surface area contributed by atoms with Crippen molar-refractivity contribution in [3.05, 3.63) is 12.2 Å². The maximum absolute atomic E-state index is 11.6. The minimum Gasteiger partial charge on any atom is -0.469 e. The van der Waals surface area contributed by atoms with Crippen molar-refractivity contribution in [1.82, 2.24) is 0 Å². The molecule has 0 aliphatic heterocycles. The Kier molecular flexibility index (Phi) is 2.35. The zero-order valence-electron chi connectivity index (χ0n) is 8.66. The van der Waals surface area contributed by atoms with E-state index in [1.807, 2.05) is 6.08 Å². The summed E-state index contributed by atoms with van der Waals surface area (Å²) in [4.78, 5) is 11.6. The van der Waals surface area contributed by atoms with E-state index in [2.05, 4.69) is 6.08 Å². The molecule has 3 rings (SSSR count). The van der Waals surface area contributed by atoms with Crippen LogP contribution in [0.4, 0.5) is 0 Å². The summed E-state index contributed by atoms with van der Waals surface area (Å²) in [5.41, 5.74) is -0.387. The second kappa shape index (κ2) is 3.39. The summed E-state index contributed by atoms with van der Waals surface area (Å²) in [7, 11) is 3.11. The number of allylic oxidation sites excluding steroid dienone is 1. The lowest BCUT2D eigenvalue weighted by Gasteiger charge is -2.45. The fourth-order valence-corrected chi connectivity index (χ4v) is 2.63. The number of hydrogen-bond acceptors (Lipinski definition) is 3. The van der Waals surface area contributed by atoms with Crippen LogP contribution in [0.2, 0.25) is 0 Å². The lowest BCUT2D eigenvalue weighted by Crippen LogP contribution is -2.49. The van der Waals surface area contributed by atoms with Crippen LogP contribution in [0.1, 0.15) is 19.3 Å². The topological polar surface area (TPSA) is 35.5 Å². The molecule has 0 saturated heterocycles. The summed E-state index contributed by atoms with van der Waals surface area (Å²) >= 11 is 0. The lowest BCUT2D eigenvalue weighted by atomic mass is 9.66. The number of methoxy groups -OCH3 is 2. The largest absolute Gasteiger partial charge is 0.469 e. The van der Waals surface area contributed by atoms with Crippen LogP contribution in [0.5, 0.6) is 0 Å². The summed E-state index contributed by atoms with van der Waals surface area (Å²) in [5, 5.41) is 0. The number of carbonyl (C=O) groups is 1. The van der Waals surface area contributed by atoms with Crippen LogP contribution in [-0.4, -0.2) is 25.8 Å². The molecule has 0 aromatic rings. The average Bonchev–Trinajstić information content (AvgIpc) is 2.29. The van der Waals surface area contributed by atoms with Crippen LogP contribution in [-0.2, 0) is 14.3 Å². The van der Waals surface area contributed by atoms with Crippen LogP contribution < -0.4 is 0 Å². The number of rotatable bonds is 2. The smallest absolute Gasteiger partial charge is 0.311 e. The number of carbonyl (C=O) groups excluding carboxylic acids is 1. The zero-order chi connectivity index (χ0) is 10.2. The Morgan fingerprint density at radius 1 is 1.50 bits per heavy atom. The Morgan fingerprint density at radius 3 is 2.79 bits per heavy atom. The molecule has 0 amide bonds. The number of ether oxygens (including phenoxy) is 2. The third-order valence-electron chi connectivity index (χ3n) is 3.55. The molecule has 3 aliphatic rings. The van der Waals surface area contributed by atoms with Crippen LogP contribution in [0.25, 0.3) is 0 Å². The van der Waals surface area contributed by atoms with Crippen molar-refractivity contribution in [2.24, 2.45) is 11.8 Å². The summed E-state index contributed by atoms with van der Waals surface area (Å²) in [6, 6.07) is 0. The first-order valence-electron chi connectivity index (χ1n) is 5.04. The van der Waals surface area contributed by atoms with E-state index in [9.17, 15) is 4.79 Å². The number of esters is 1. The molecule has 1 saturated carbocycles. The molecular weight excluding hydrogens is 180 g/mol. The van der Waals surface area contributed by atoms with Crippen molar-refractivity contribution in [3.63, 3.8) is 0 Å². The van der Waals surface area contributed by atoms with Crippen molar-refractivity contribution in [2.45, 2.75) is 24.9 Å². The predicted molar refractivity (Wildman–Crippen MR) is 51.7 cm³/mol. The van der Waals surface area contributed by atoms with Gasteiger partial charge in [0.2, 0.25) is 0 Å². The van der Waals surface area contributed by atoms with Gasteiger partial charge in [0, 0.05) is 7.11 Å². The zero-order valence-corrected chi connectivity index (χ0v) is 8.66. The Balaban J connectivity index is 2.27. The summed E-state index contributed by atoms with van der Waals surface area (Å²) in [6.07, 6.45) is 7.15. The molecule has 2 bridgehead atoms. The molecule has 0 radical (unpaired) electrons. The van der Waals surface area contributed by atoms with E-state index < -0.39 is 0 Å². The highest BCUT2D eigenvalue weighted by Gasteiger charge is 2.49. The van der Waals surface area contributed by atoms with Gasteiger partial charge in [-0.3, -0.25) is 4.79 Å². The minimum absolute atomic E-state index is 0.110. The van der Waals surface area contributed by atoms with Gasteiger partial charge in [0.25, 0.3) is 0 Å². The third kappa shape index (κ3) is 1.27. The van der Waals surface area contributed by atoms with Crippen LogP contribution in [0.3, 0.4) is 0 Å². The highest BCUT2D eigenvalue weighted by Crippen LogP contribution is 2.45. The predicted octanol–water partition coefficient (Wildman–Crippen LogP) is 1.53. The highest BCUT2D eigenvalue weighted by molar-refractivity contribution is 5.75. The van der Waals surface area contributed by atoms with E-state index in [-0.39, 0.29) is 17.5 Å². The summed E-state index contributed by atoms with van der Waals surface area (Å²) < 4.78 is 10.3. The summed E-state index contributed by atoms with van der Waals surface area (Å²) in [5.74, 6) is 0.290.